The average molecular weight is 784 g/mol. The summed E-state index contributed by atoms with van der Waals surface area (Å²) in [6.07, 6.45) is 4.34. The number of alkyl carbamates (subject to hydrolysis) is 2. The van der Waals surface area contributed by atoms with Gasteiger partial charge in [-0.25, -0.2) is 14.6 Å². The summed E-state index contributed by atoms with van der Waals surface area (Å²) >= 11 is 0. The molecule has 4 aromatic rings. The van der Waals surface area contributed by atoms with Crippen LogP contribution in [0.5, 0.6) is 0 Å². The fourth-order valence-electron chi connectivity index (χ4n) is 7.48. The first-order valence-corrected chi connectivity index (χ1v) is 19.1. The number of hydrogen-bond acceptors (Lipinski definition) is 10. The maximum atomic E-state index is 13.7. The van der Waals surface area contributed by atoms with Gasteiger partial charge in [-0.3, -0.25) is 19.2 Å². The molecular weight excluding hydrogens is 734 g/mol. The van der Waals surface area contributed by atoms with Crippen molar-refractivity contribution in [2.75, 3.05) is 32.6 Å². The van der Waals surface area contributed by atoms with E-state index < -0.39 is 30.3 Å². The van der Waals surface area contributed by atoms with Crippen molar-refractivity contribution in [1.29, 1.82) is 0 Å². The van der Waals surface area contributed by atoms with Crippen molar-refractivity contribution in [1.82, 2.24) is 30.4 Å². The second-order valence-electron chi connectivity index (χ2n) is 15.0. The van der Waals surface area contributed by atoms with Crippen LogP contribution in [0.3, 0.4) is 0 Å². The van der Waals surface area contributed by atoms with E-state index in [4.69, 9.17) is 9.15 Å². The van der Waals surface area contributed by atoms with Gasteiger partial charge in [0.2, 0.25) is 17.7 Å². The van der Waals surface area contributed by atoms with Crippen LogP contribution in [0.4, 0.5) is 15.3 Å². The van der Waals surface area contributed by atoms with Gasteiger partial charge in [0, 0.05) is 24.3 Å². The van der Waals surface area contributed by atoms with E-state index in [1.165, 1.54) is 25.4 Å². The Morgan fingerprint density at radius 2 is 1.42 bits per heavy atom. The summed E-state index contributed by atoms with van der Waals surface area (Å²) < 4.78 is 15.4. The number of ether oxygens (including phenoxy) is 2. The summed E-state index contributed by atoms with van der Waals surface area (Å²) in [5.74, 6) is -0.638. The molecule has 4 N–H and O–H groups in total. The third-order valence-electron chi connectivity index (χ3n) is 10.6. The Hall–Kier alpha value is -6.19. The Bertz CT molecular complexity index is 2200. The summed E-state index contributed by atoms with van der Waals surface area (Å²) in [6, 6.07) is 9.48. The molecule has 0 spiro atoms. The Labute approximate surface area is 329 Å². The van der Waals surface area contributed by atoms with Crippen LogP contribution in [0, 0.1) is 11.8 Å². The summed E-state index contributed by atoms with van der Waals surface area (Å²) in [5, 5.41) is 8.51. The number of aromatic amines is 1. The van der Waals surface area contributed by atoms with Crippen molar-refractivity contribution in [2.24, 2.45) is 11.8 Å². The lowest BCUT2D eigenvalue weighted by molar-refractivity contribution is -0.139. The summed E-state index contributed by atoms with van der Waals surface area (Å²) in [5.41, 5.74) is 3.00. The first-order valence-electron chi connectivity index (χ1n) is 19.1. The molecule has 302 valence electrons. The second kappa shape index (κ2) is 17.3. The van der Waals surface area contributed by atoms with E-state index in [-0.39, 0.29) is 41.0 Å². The van der Waals surface area contributed by atoms with Crippen molar-refractivity contribution in [2.45, 2.75) is 77.5 Å². The number of fused-ring (bicyclic) bond motifs is 1. The van der Waals surface area contributed by atoms with E-state index in [0.717, 1.165) is 12.0 Å². The lowest BCUT2D eigenvalue weighted by Gasteiger charge is -2.30. The van der Waals surface area contributed by atoms with Crippen molar-refractivity contribution in [3.63, 3.8) is 0 Å². The molecule has 16 heteroatoms. The standard InChI is InChI=1S/C41H49N7O9/c1-22(2)33(45-40(53)55-5)38(51)47-17-7-9-30(47)36-42-20-29(44-36)25-13-16-27-32(19-25)57-21-28(35(27)49)24-11-14-26(15-12-24)43-37(50)31-10-8-18-48(31)39(52)34(23(3)4)46-41(54)56-6/h11-16,19-23,30-31,33-34H,7-10,17-18H2,1-6H3,(H,42,44)(H,43,50)(H,45,53)(H,46,54)/t30-,31-,33-,34-/m0/s1. The minimum absolute atomic E-state index is 0.151. The quantitative estimate of drug-likeness (QED) is 0.156. The molecule has 57 heavy (non-hydrogen) atoms. The Morgan fingerprint density at radius 1 is 0.825 bits per heavy atom. The van der Waals surface area contributed by atoms with Crippen molar-refractivity contribution < 1.29 is 37.9 Å². The van der Waals surface area contributed by atoms with E-state index in [2.05, 4.69) is 30.7 Å². The highest BCUT2D eigenvalue weighted by atomic mass is 16.5. The van der Waals surface area contributed by atoms with Gasteiger partial charge in [0.15, 0.2) is 5.43 Å². The van der Waals surface area contributed by atoms with Gasteiger partial charge in [0.25, 0.3) is 0 Å². The zero-order valence-corrected chi connectivity index (χ0v) is 32.9. The second-order valence-corrected chi connectivity index (χ2v) is 15.0. The molecule has 2 aromatic heterocycles. The highest BCUT2D eigenvalue weighted by Crippen LogP contribution is 2.33. The van der Waals surface area contributed by atoms with E-state index in [1.807, 2.05) is 27.7 Å². The monoisotopic (exact) mass is 783 g/mol. The van der Waals surface area contributed by atoms with Gasteiger partial charge in [0.05, 0.1) is 43.1 Å². The number of imidazole rings is 1. The van der Waals surface area contributed by atoms with Gasteiger partial charge in [0.1, 0.15) is 35.8 Å². The van der Waals surface area contributed by atoms with Crippen molar-refractivity contribution >= 4 is 46.6 Å². The Balaban J connectivity index is 1.13. The van der Waals surface area contributed by atoms with Gasteiger partial charge >= 0.3 is 12.2 Å². The number of rotatable bonds is 11. The lowest BCUT2D eigenvalue weighted by atomic mass is 10.0. The van der Waals surface area contributed by atoms with Crippen LogP contribution in [0.25, 0.3) is 33.4 Å². The molecule has 5 amide bonds. The molecule has 0 radical (unpaired) electrons. The zero-order chi connectivity index (χ0) is 41.0. The molecule has 0 saturated carbocycles. The predicted octanol–water partition coefficient (Wildman–Crippen LogP) is 5.20. The molecule has 16 nitrogen and oxygen atoms in total. The number of aromatic nitrogens is 2. The predicted molar refractivity (Wildman–Crippen MR) is 211 cm³/mol. The number of H-pyrrole nitrogens is 1. The number of carbonyl (C=O) groups excluding carboxylic acids is 5. The summed E-state index contributed by atoms with van der Waals surface area (Å²) in [6.45, 7) is 8.28. The molecule has 2 aliphatic rings. The van der Waals surface area contributed by atoms with Crippen LogP contribution in [0.15, 0.2) is 64.1 Å². The molecule has 2 aromatic carbocycles. The van der Waals surface area contributed by atoms with Gasteiger partial charge in [-0.1, -0.05) is 45.9 Å². The molecule has 2 fully saturated rings. The lowest BCUT2D eigenvalue weighted by Crippen LogP contribution is -2.54. The third kappa shape index (κ3) is 8.64. The minimum atomic E-state index is -0.835. The first kappa shape index (κ1) is 40.5. The van der Waals surface area contributed by atoms with E-state index in [1.54, 1.807) is 53.6 Å². The smallest absolute Gasteiger partial charge is 0.407 e. The normalized spacial score (nSPS) is 17.8. The zero-order valence-electron chi connectivity index (χ0n) is 32.9. The van der Waals surface area contributed by atoms with Crippen LogP contribution < -0.4 is 21.4 Å². The van der Waals surface area contributed by atoms with Gasteiger partial charge in [-0.15, -0.1) is 0 Å². The maximum Gasteiger partial charge on any atom is 0.407 e. The molecule has 0 unspecified atom stereocenters. The Kier molecular flexibility index (Phi) is 12.3. The Morgan fingerprint density at radius 3 is 2.05 bits per heavy atom. The third-order valence-corrected chi connectivity index (χ3v) is 10.6. The van der Waals surface area contributed by atoms with Crippen LogP contribution in [0.2, 0.25) is 0 Å². The number of carbonyl (C=O) groups is 5. The fraction of sp³-hybridized carbons (Fsp3) is 0.439. The summed E-state index contributed by atoms with van der Waals surface area (Å²) in [7, 11) is 2.49. The number of benzene rings is 2. The highest BCUT2D eigenvalue weighted by Gasteiger charge is 2.39. The van der Waals surface area contributed by atoms with Crippen LogP contribution in [-0.2, 0) is 23.9 Å². The largest absolute Gasteiger partial charge is 0.463 e. The van der Waals surface area contributed by atoms with E-state index in [0.29, 0.717) is 71.7 Å². The number of likely N-dealkylation sites (tertiary alicyclic amines) is 2. The molecular formula is C41H49N7O9. The van der Waals surface area contributed by atoms with Gasteiger partial charge in [-0.2, -0.15) is 0 Å². The molecule has 6 rings (SSSR count). The minimum Gasteiger partial charge on any atom is -0.463 e. The van der Waals surface area contributed by atoms with Crippen molar-refractivity contribution in [3.8, 4) is 22.4 Å². The van der Waals surface area contributed by atoms with E-state index in [9.17, 15) is 28.8 Å². The summed E-state index contributed by atoms with van der Waals surface area (Å²) in [4.78, 5) is 89.0. The number of anilines is 1. The molecule has 4 heterocycles. The topological polar surface area (TPSA) is 205 Å². The van der Waals surface area contributed by atoms with Gasteiger partial charge in [-0.05, 0) is 67.3 Å². The first-order chi connectivity index (χ1) is 27.3. The van der Waals surface area contributed by atoms with Crippen LogP contribution >= 0.6 is 0 Å². The van der Waals surface area contributed by atoms with Crippen LogP contribution in [-0.4, -0.2) is 95.1 Å². The number of methoxy groups -OCH3 is 2. The number of nitrogens with one attached hydrogen (secondary N) is 4. The van der Waals surface area contributed by atoms with Crippen molar-refractivity contribution in [3.05, 3.63) is 71.0 Å². The SMILES string of the molecule is COC(=O)N[C@H](C(=O)N1CCC[C@H]1C(=O)Nc1ccc(-c2coc3cc(-c4cnc([C@@H]5CCCN5C(=O)[C@@H](NC(=O)OC)C(C)C)[nH]4)ccc3c2=O)cc1)C(C)C. The molecule has 0 bridgehead atoms. The number of nitrogens with zero attached hydrogens (tertiary/aromatic N) is 3. The number of amides is 5. The molecule has 0 aliphatic carbocycles. The highest BCUT2D eigenvalue weighted by molar-refractivity contribution is 5.99. The molecule has 4 atom stereocenters. The maximum absolute atomic E-state index is 13.7. The van der Waals surface area contributed by atoms with Crippen LogP contribution in [0.1, 0.15) is 65.2 Å². The van der Waals surface area contributed by atoms with Gasteiger partial charge < -0.3 is 44.6 Å². The van der Waals surface area contributed by atoms with E-state index >= 15 is 0 Å². The molecule has 2 saturated heterocycles. The average Bonchev–Trinajstić information content (AvgIpc) is 4.00. The number of hydrogen-bond donors (Lipinski definition) is 4. The molecule has 2 aliphatic heterocycles. The fourth-order valence-corrected chi connectivity index (χ4v) is 7.48.